The summed E-state index contributed by atoms with van der Waals surface area (Å²) in [6, 6.07) is 8.26. The van der Waals surface area contributed by atoms with E-state index in [0.29, 0.717) is 5.75 Å². The Kier molecular flexibility index (Phi) is 7.56. The Morgan fingerprint density at radius 2 is 1.87 bits per heavy atom. The Hall–Kier alpha value is -1.99. The highest BCUT2D eigenvalue weighted by atomic mass is 32.2. The van der Waals surface area contributed by atoms with Crippen molar-refractivity contribution in [3.63, 3.8) is 0 Å². The molecule has 0 unspecified atom stereocenters. The molecule has 1 amide bonds. The number of ether oxygens (including phenoxy) is 1. The van der Waals surface area contributed by atoms with Gasteiger partial charge in [0, 0.05) is 36.8 Å². The van der Waals surface area contributed by atoms with Crippen LogP contribution in [-0.2, 0) is 16.1 Å². The van der Waals surface area contributed by atoms with Crippen molar-refractivity contribution >= 4 is 29.0 Å². The smallest absolute Gasteiger partial charge is 0.234 e. The van der Waals surface area contributed by atoms with Gasteiger partial charge in [0.15, 0.2) is 5.16 Å². The number of amides is 1. The number of aryl methyl sites for hydroxylation is 1. The maximum atomic E-state index is 12.6. The van der Waals surface area contributed by atoms with Crippen molar-refractivity contribution in [1.29, 1.82) is 0 Å². The predicted octanol–water partition coefficient (Wildman–Crippen LogP) is 4.79. The first kappa shape index (κ1) is 22.2. The Labute approximate surface area is 189 Å². The van der Waals surface area contributed by atoms with Crippen LogP contribution in [0, 0.1) is 13.8 Å². The average molecular weight is 443 g/mol. The summed E-state index contributed by atoms with van der Waals surface area (Å²) in [4.78, 5) is 19.7. The van der Waals surface area contributed by atoms with Gasteiger partial charge in [-0.05, 0) is 63.8 Å². The highest BCUT2D eigenvalue weighted by Gasteiger charge is 2.21. The molecule has 2 aliphatic rings. The molecule has 0 bridgehead atoms. The van der Waals surface area contributed by atoms with Gasteiger partial charge in [-0.3, -0.25) is 4.79 Å². The number of imidazole rings is 1. The summed E-state index contributed by atoms with van der Waals surface area (Å²) >= 11 is 1.50. The van der Waals surface area contributed by atoms with Gasteiger partial charge in [0.25, 0.3) is 0 Å². The molecule has 0 spiro atoms. The van der Waals surface area contributed by atoms with Crippen molar-refractivity contribution in [2.24, 2.45) is 0 Å². The third-order valence-electron chi connectivity index (χ3n) is 6.29. The van der Waals surface area contributed by atoms with Gasteiger partial charge >= 0.3 is 0 Å². The molecule has 0 aliphatic carbocycles. The second kappa shape index (κ2) is 10.6. The van der Waals surface area contributed by atoms with Crippen LogP contribution in [0.5, 0.6) is 0 Å². The highest BCUT2D eigenvalue weighted by molar-refractivity contribution is 7.99. The maximum absolute atomic E-state index is 12.6. The van der Waals surface area contributed by atoms with E-state index in [9.17, 15) is 4.79 Å². The van der Waals surface area contributed by atoms with Crippen LogP contribution >= 0.6 is 11.8 Å². The quantitative estimate of drug-likeness (QED) is 0.625. The fourth-order valence-electron chi connectivity index (χ4n) is 4.35. The van der Waals surface area contributed by atoms with Gasteiger partial charge in [-0.25, -0.2) is 4.98 Å². The Morgan fingerprint density at radius 1 is 1.13 bits per heavy atom. The second-order valence-electron chi connectivity index (χ2n) is 8.60. The molecule has 2 saturated heterocycles. The minimum Gasteiger partial charge on any atom is -0.376 e. The van der Waals surface area contributed by atoms with Crippen molar-refractivity contribution < 1.29 is 9.53 Å². The van der Waals surface area contributed by atoms with Gasteiger partial charge in [-0.1, -0.05) is 24.6 Å². The van der Waals surface area contributed by atoms with E-state index in [1.54, 1.807) is 0 Å². The molecule has 168 valence electrons. The molecule has 1 aromatic heterocycles. The van der Waals surface area contributed by atoms with Crippen LogP contribution in [0.1, 0.15) is 49.9 Å². The third kappa shape index (κ3) is 5.83. The standard InChI is InChI=1S/C24H34N4O2S/c1-18-19(2)28(16-22-8-7-15-30-22)24(25-18)31-17-23(29)26-20-9-11-21(12-10-20)27-13-5-3-4-6-14-27/h9-12,22H,3-8,13-17H2,1-2H3,(H,26,29)/t22-/m1/s1. The van der Waals surface area contributed by atoms with Crippen molar-refractivity contribution in [3.05, 3.63) is 35.7 Å². The minimum absolute atomic E-state index is 0.00510. The maximum Gasteiger partial charge on any atom is 0.234 e. The van der Waals surface area contributed by atoms with Crippen molar-refractivity contribution in [2.75, 3.05) is 35.7 Å². The molecule has 2 fully saturated rings. The fourth-order valence-corrected chi connectivity index (χ4v) is 5.25. The Balaban J connectivity index is 1.31. The number of carbonyl (C=O) groups is 1. The summed E-state index contributed by atoms with van der Waals surface area (Å²) in [5.74, 6) is 0.337. The molecule has 1 N–H and O–H groups in total. The molecule has 2 aromatic rings. The van der Waals surface area contributed by atoms with Crippen molar-refractivity contribution in [3.8, 4) is 0 Å². The molecule has 3 heterocycles. The first-order valence-corrected chi connectivity index (χ1v) is 12.5. The summed E-state index contributed by atoms with van der Waals surface area (Å²) in [5.41, 5.74) is 4.27. The van der Waals surface area contributed by atoms with E-state index in [-0.39, 0.29) is 12.0 Å². The average Bonchev–Trinajstić information content (AvgIpc) is 3.26. The van der Waals surface area contributed by atoms with Crippen LogP contribution in [0.15, 0.2) is 29.4 Å². The topological polar surface area (TPSA) is 59.4 Å². The number of rotatable bonds is 7. The number of nitrogens with zero attached hydrogens (tertiary/aromatic N) is 3. The molecule has 0 saturated carbocycles. The summed E-state index contributed by atoms with van der Waals surface area (Å²) in [6.07, 6.45) is 7.64. The molecular weight excluding hydrogens is 408 g/mol. The van der Waals surface area contributed by atoms with E-state index in [4.69, 9.17) is 4.74 Å². The zero-order chi connectivity index (χ0) is 21.6. The monoisotopic (exact) mass is 442 g/mol. The Morgan fingerprint density at radius 3 is 2.55 bits per heavy atom. The first-order valence-electron chi connectivity index (χ1n) is 11.5. The van der Waals surface area contributed by atoms with Gasteiger partial charge in [-0.15, -0.1) is 0 Å². The number of anilines is 2. The number of hydrogen-bond donors (Lipinski definition) is 1. The summed E-state index contributed by atoms with van der Waals surface area (Å²) in [7, 11) is 0. The fraction of sp³-hybridized carbons (Fsp3) is 0.583. The number of aromatic nitrogens is 2. The lowest BCUT2D eigenvalue weighted by Crippen LogP contribution is -2.23. The SMILES string of the molecule is Cc1nc(SCC(=O)Nc2ccc(N3CCCCCC3)cc2)n(C[C@H]2CCCO2)c1C. The number of hydrogen-bond acceptors (Lipinski definition) is 5. The van der Waals surface area contributed by atoms with Gasteiger partial charge in [0.1, 0.15) is 0 Å². The van der Waals surface area contributed by atoms with Gasteiger partial charge in [0.05, 0.1) is 24.1 Å². The number of nitrogens with one attached hydrogen (secondary N) is 1. The summed E-state index contributed by atoms with van der Waals surface area (Å²) in [5, 5.41) is 3.93. The van der Waals surface area contributed by atoms with E-state index in [0.717, 1.165) is 61.3 Å². The summed E-state index contributed by atoms with van der Waals surface area (Å²) in [6.45, 7) is 8.03. The van der Waals surface area contributed by atoms with Crippen molar-refractivity contribution in [1.82, 2.24) is 9.55 Å². The first-order chi connectivity index (χ1) is 15.1. The number of carbonyl (C=O) groups excluding carboxylic acids is 1. The molecule has 2 aliphatic heterocycles. The van der Waals surface area contributed by atoms with Gasteiger partial charge in [0.2, 0.25) is 5.91 Å². The van der Waals surface area contributed by atoms with Gasteiger partial charge in [-0.2, -0.15) is 0 Å². The molecular formula is C24H34N4O2S. The molecule has 1 aromatic carbocycles. The largest absolute Gasteiger partial charge is 0.376 e. The lowest BCUT2D eigenvalue weighted by Gasteiger charge is -2.22. The van der Waals surface area contributed by atoms with Crippen LogP contribution in [0.3, 0.4) is 0 Å². The van der Waals surface area contributed by atoms with E-state index >= 15 is 0 Å². The minimum atomic E-state index is -0.00510. The molecule has 6 nitrogen and oxygen atoms in total. The molecule has 0 radical (unpaired) electrons. The molecule has 1 atom stereocenters. The van der Waals surface area contributed by atoms with Crippen LogP contribution < -0.4 is 10.2 Å². The Bertz CT molecular complexity index is 866. The highest BCUT2D eigenvalue weighted by Crippen LogP contribution is 2.25. The van der Waals surface area contributed by atoms with E-state index in [1.165, 1.54) is 43.1 Å². The molecule has 4 rings (SSSR count). The molecule has 31 heavy (non-hydrogen) atoms. The van der Waals surface area contributed by atoms with E-state index in [2.05, 4.69) is 38.8 Å². The normalized spacial score (nSPS) is 19.4. The van der Waals surface area contributed by atoms with Gasteiger partial charge < -0.3 is 19.5 Å². The van der Waals surface area contributed by atoms with Crippen LogP contribution in [-0.4, -0.2) is 47.0 Å². The van der Waals surface area contributed by atoms with Crippen LogP contribution in [0.25, 0.3) is 0 Å². The number of thioether (sulfide) groups is 1. The summed E-state index contributed by atoms with van der Waals surface area (Å²) < 4.78 is 8.01. The van der Waals surface area contributed by atoms with E-state index in [1.807, 2.05) is 19.1 Å². The lowest BCUT2D eigenvalue weighted by atomic mass is 10.2. The van der Waals surface area contributed by atoms with Crippen molar-refractivity contribution in [2.45, 2.75) is 70.2 Å². The number of benzene rings is 1. The van der Waals surface area contributed by atoms with E-state index < -0.39 is 0 Å². The third-order valence-corrected chi connectivity index (χ3v) is 7.26. The van der Waals surface area contributed by atoms with Crippen LogP contribution in [0.2, 0.25) is 0 Å². The zero-order valence-corrected chi connectivity index (χ0v) is 19.5. The van der Waals surface area contributed by atoms with Crippen LogP contribution in [0.4, 0.5) is 11.4 Å². The zero-order valence-electron chi connectivity index (χ0n) is 18.7. The molecule has 7 heteroatoms. The predicted molar refractivity (Wildman–Crippen MR) is 127 cm³/mol. The lowest BCUT2D eigenvalue weighted by molar-refractivity contribution is -0.113. The second-order valence-corrected chi connectivity index (χ2v) is 9.54.